The molecular formula is C8H11BrN2S. The number of aromatic nitrogens is 1. The van der Waals surface area contributed by atoms with E-state index in [1.807, 2.05) is 0 Å². The number of hydrogen-bond acceptors (Lipinski definition) is 3. The molecule has 2 rings (SSSR count). The van der Waals surface area contributed by atoms with Crippen LogP contribution in [0.1, 0.15) is 36.0 Å². The number of hydrogen-bond donors (Lipinski definition) is 1. The van der Waals surface area contributed by atoms with Crippen LogP contribution in [0.4, 0.5) is 0 Å². The van der Waals surface area contributed by atoms with Crippen LogP contribution >= 0.6 is 27.3 Å². The molecule has 2 nitrogen and oxygen atoms in total. The molecular weight excluding hydrogens is 236 g/mol. The Bertz CT molecular complexity index is 546. The Morgan fingerprint density at radius 2 is 2.50 bits per heavy atom. The second-order valence-corrected chi connectivity index (χ2v) is 3.65. The van der Waals surface area contributed by atoms with Crippen LogP contribution in [0.25, 0.3) is 0 Å². The number of halogens is 1. The van der Waals surface area contributed by atoms with Gasteiger partial charge in [0.2, 0.25) is 0 Å². The van der Waals surface area contributed by atoms with E-state index in [9.17, 15) is 0 Å². The first-order valence-electron chi connectivity index (χ1n) is 7.61. The van der Waals surface area contributed by atoms with E-state index < -0.39 is 31.6 Å². The lowest BCUT2D eigenvalue weighted by Crippen LogP contribution is -2.26. The molecule has 1 aromatic rings. The quantitative estimate of drug-likeness (QED) is 0.834. The first-order chi connectivity index (χ1) is 9.21. The molecule has 1 aliphatic heterocycles. The van der Waals surface area contributed by atoms with E-state index in [1.165, 1.54) is 5.38 Å². The van der Waals surface area contributed by atoms with Gasteiger partial charge in [-0.2, -0.15) is 0 Å². The molecule has 0 spiro atoms. The monoisotopic (exact) mass is 255 g/mol. The first kappa shape index (κ1) is 3.04. The van der Waals surface area contributed by atoms with Crippen LogP contribution in [0.5, 0.6) is 0 Å². The molecule has 1 fully saturated rings. The third-order valence-corrected chi connectivity index (χ3v) is 2.76. The maximum atomic E-state index is 8.35. The molecule has 0 saturated carbocycles. The Kier molecular flexibility index (Phi) is 0.975. The normalized spacial score (nSPS) is 50.2. The van der Waals surface area contributed by atoms with Crippen LogP contribution in [0, 0.1) is 0 Å². The molecule has 1 saturated heterocycles. The summed E-state index contributed by atoms with van der Waals surface area (Å²) < 4.78 is 71.2. The molecule has 1 aromatic heterocycles. The predicted molar refractivity (Wildman–Crippen MR) is 54.7 cm³/mol. The van der Waals surface area contributed by atoms with Gasteiger partial charge in [0.1, 0.15) is 4.60 Å². The lowest BCUT2D eigenvalue weighted by Gasteiger charge is -2.20. The van der Waals surface area contributed by atoms with Gasteiger partial charge in [0, 0.05) is 23.6 Å². The van der Waals surface area contributed by atoms with E-state index in [-0.39, 0.29) is 9.61 Å². The number of nitrogens with one attached hydrogen (secondary N) is 1. The predicted octanol–water partition coefficient (Wildman–Crippen LogP) is 2.37. The fourth-order valence-electron chi connectivity index (χ4n) is 0.726. The Balaban J connectivity index is 2.78. The molecule has 0 unspecified atom stereocenters. The summed E-state index contributed by atoms with van der Waals surface area (Å²) in [6, 6.07) is 0. The Hall–Kier alpha value is 0.0700. The van der Waals surface area contributed by atoms with Gasteiger partial charge in [-0.15, -0.1) is 11.3 Å². The molecule has 0 radical (unpaired) electrons. The topological polar surface area (TPSA) is 24.9 Å². The van der Waals surface area contributed by atoms with Crippen molar-refractivity contribution in [2.45, 2.75) is 18.6 Å². The van der Waals surface area contributed by atoms with Crippen molar-refractivity contribution in [3.05, 3.63) is 15.0 Å². The second-order valence-electron chi connectivity index (χ2n) is 1.98. The van der Waals surface area contributed by atoms with Crippen molar-refractivity contribution in [2.24, 2.45) is 0 Å². The highest BCUT2D eigenvalue weighted by Gasteiger charge is 2.17. The van der Waals surface area contributed by atoms with Gasteiger partial charge in [-0.1, -0.05) is 0 Å². The molecule has 4 heteroatoms. The molecule has 0 bridgehead atoms. The lowest BCUT2D eigenvalue weighted by molar-refractivity contribution is 0.459. The summed E-state index contributed by atoms with van der Waals surface area (Å²) in [6.45, 7) is -5.91. The van der Waals surface area contributed by atoms with Gasteiger partial charge in [0.15, 0.2) is 0 Å². The highest BCUT2D eigenvalue weighted by molar-refractivity contribution is 9.10. The highest BCUT2D eigenvalue weighted by atomic mass is 79.9. The summed E-state index contributed by atoms with van der Waals surface area (Å²) >= 11 is 3.80. The first-order valence-corrected chi connectivity index (χ1v) is 4.79. The van der Waals surface area contributed by atoms with Gasteiger partial charge in [0.05, 0.1) is 5.01 Å². The third-order valence-electron chi connectivity index (χ3n) is 1.19. The average Bonchev–Trinajstić information content (AvgIpc) is 2.71. The van der Waals surface area contributed by atoms with E-state index in [0.29, 0.717) is 0 Å². The zero-order valence-electron chi connectivity index (χ0n) is 14.8. The maximum Gasteiger partial charge on any atom is 0.117 e. The van der Waals surface area contributed by atoms with Crippen molar-refractivity contribution in [1.82, 2.24) is 10.3 Å². The standard InChI is InChI=1S/C8H11BrN2S/c9-7-5-12-8(11-7)6-1-3-10-4-2-6/h5-6,10H,1-4H2/i1D2,2D2,3D2,4D2,6D. The lowest BCUT2D eigenvalue weighted by atomic mass is 9.99. The van der Waals surface area contributed by atoms with Crippen LogP contribution in [0.3, 0.4) is 0 Å². The van der Waals surface area contributed by atoms with Crippen molar-refractivity contribution in [3.63, 3.8) is 0 Å². The molecule has 2 heterocycles. The summed E-state index contributed by atoms with van der Waals surface area (Å²) in [5.74, 6) is -2.87. The molecule has 0 amide bonds. The minimum atomic E-state index is -3.06. The number of piperidine rings is 1. The van der Waals surface area contributed by atoms with Gasteiger partial charge in [-0.25, -0.2) is 4.98 Å². The van der Waals surface area contributed by atoms with E-state index in [0.717, 1.165) is 11.3 Å². The van der Waals surface area contributed by atoms with Crippen LogP contribution in [0.15, 0.2) is 9.98 Å². The number of rotatable bonds is 1. The minimum Gasteiger partial charge on any atom is -0.317 e. The van der Waals surface area contributed by atoms with Gasteiger partial charge < -0.3 is 5.32 Å². The van der Waals surface area contributed by atoms with E-state index in [1.54, 1.807) is 5.32 Å². The Morgan fingerprint density at radius 3 is 3.08 bits per heavy atom. The van der Waals surface area contributed by atoms with Crippen molar-refractivity contribution >= 4 is 27.3 Å². The molecule has 1 aliphatic rings. The summed E-state index contributed by atoms with van der Waals surface area (Å²) in [5, 5.41) is 2.78. The van der Waals surface area contributed by atoms with E-state index in [4.69, 9.17) is 12.3 Å². The second kappa shape index (κ2) is 3.85. The third kappa shape index (κ3) is 1.87. The Morgan fingerprint density at radius 1 is 1.75 bits per heavy atom. The van der Waals surface area contributed by atoms with Gasteiger partial charge in [-0.05, 0) is 41.7 Å². The number of nitrogens with zero attached hydrogens (tertiary/aromatic N) is 1. The highest BCUT2D eigenvalue weighted by Crippen LogP contribution is 2.29. The SMILES string of the molecule is [2H]C1([2H])NC([2H])([2H])C([2H])([2H])C([2H])(c2nc(Br)cs2)C1([2H])[2H]. The molecule has 12 heavy (non-hydrogen) atoms. The molecule has 0 aromatic carbocycles. The molecule has 1 N–H and O–H groups in total. The van der Waals surface area contributed by atoms with Crippen molar-refractivity contribution < 1.29 is 12.3 Å². The molecule has 0 aliphatic carbocycles. The van der Waals surface area contributed by atoms with Crippen LogP contribution in [-0.2, 0) is 0 Å². The zero-order chi connectivity index (χ0) is 16.5. The van der Waals surface area contributed by atoms with Crippen LogP contribution in [0.2, 0.25) is 0 Å². The van der Waals surface area contributed by atoms with Crippen molar-refractivity contribution in [3.8, 4) is 0 Å². The van der Waals surface area contributed by atoms with E-state index >= 15 is 0 Å². The number of thiazole rings is 1. The van der Waals surface area contributed by atoms with Crippen molar-refractivity contribution in [2.75, 3.05) is 13.0 Å². The van der Waals surface area contributed by atoms with Crippen LogP contribution < -0.4 is 5.32 Å². The fraction of sp³-hybridized carbons (Fsp3) is 0.625. The zero-order valence-corrected chi connectivity index (χ0v) is 8.21. The van der Waals surface area contributed by atoms with Gasteiger partial charge in [-0.3, -0.25) is 0 Å². The summed E-state index contributed by atoms with van der Waals surface area (Å²) in [7, 11) is 0. The summed E-state index contributed by atoms with van der Waals surface area (Å²) in [5.41, 5.74) is 0. The fourth-order valence-corrected chi connectivity index (χ4v) is 1.93. The molecule has 66 valence electrons. The maximum absolute atomic E-state index is 8.35. The summed E-state index contributed by atoms with van der Waals surface area (Å²) in [4.78, 5) is 3.84. The average molecular weight is 256 g/mol. The van der Waals surface area contributed by atoms with E-state index in [2.05, 4.69) is 20.9 Å². The van der Waals surface area contributed by atoms with Gasteiger partial charge in [0.25, 0.3) is 0 Å². The van der Waals surface area contributed by atoms with Crippen LogP contribution in [-0.4, -0.2) is 18.0 Å². The smallest absolute Gasteiger partial charge is 0.117 e. The molecule has 0 atom stereocenters. The summed E-state index contributed by atoms with van der Waals surface area (Å²) in [6.07, 6.45) is -6.13. The largest absolute Gasteiger partial charge is 0.317 e. The Labute approximate surface area is 97.2 Å². The minimum absolute atomic E-state index is 0.250. The van der Waals surface area contributed by atoms with Gasteiger partial charge >= 0.3 is 0 Å². The van der Waals surface area contributed by atoms with Crippen molar-refractivity contribution in [1.29, 1.82) is 0 Å².